The normalized spacial score (nSPS) is 16.0. The van der Waals surface area contributed by atoms with E-state index in [9.17, 15) is 8.42 Å². The number of sulfone groups is 1. The van der Waals surface area contributed by atoms with Crippen molar-refractivity contribution in [3.05, 3.63) is 42.4 Å². The summed E-state index contributed by atoms with van der Waals surface area (Å²) in [5, 5.41) is 0. The zero-order valence-electron chi connectivity index (χ0n) is 18.8. The number of pyridine rings is 1. The Morgan fingerprint density at radius 2 is 1.77 bits per heavy atom. The Bertz CT molecular complexity index is 1190. The molecule has 0 aliphatic heterocycles. The monoisotopic (exact) mass is 441 g/mol. The molecule has 1 aliphatic carbocycles. The fraction of sp³-hybridized carbons (Fsp3) is 0.500. The highest BCUT2D eigenvalue weighted by atomic mass is 32.2. The van der Waals surface area contributed by atoms with Crippen LogP contribution in [0.25, 0.3) is 11.0 Å². The number of methoxy groups -OCH3 is 1. The molecule has 0 saturated heterocycles. The van der Waals surface area contributed by atoms with Gasteiger partial charge in [-0.25, -0.2) is 18.4 Å². The van der Waals surface area contributed by atoms with Crippen molar-refractivity contribution in [1.82, 2.24) is 14.5 Å². The molecule has 2 aromatic heterocycles. The van der Waals surface area contributed by atoms with Gasteiger partial charge in [-0.1, -0.05) is 40.0 Å². The van der Waals surface area contributed by atoms with Gasteiger partial charge < -0.3 is 9.30 Å². The lowest BCUT2D eigenvalue weighted by Gasteiger charge is -2.26. The van der Waals surface area contributed by atoms with Crippen LogP contribution in [-0.2, 0) is 21.8 Å². The van der Waals surface area contributed by atoms with Crippen molar-refractivity contribution in [1.29, 1.82) is 0 Å². The predicted molar refractivity (Wildman–Crippen MR) is 121 cm³/mol. The summed E-state index contributed by atoms with van der Waals surface area (Å²) in [6.45, 7) is 7.42. The first kappa shape index (κ1) is 21.8. The fourth-order valence-electron chi connectivity index (χ4n) is 4.47. The van der Waals surface area contributed by atoms with Crippen molar-refractivity contribution >= 4 is 20.9 Å². The van der Waals surface area contributed by atoms with Crippen LogP contribution in [0.5, 0.6) is 5.88 Å². The van der Waals surface area contributed by atoms with Gasteiger partial charge in [0.25, 0.3) is 0 Å². The van der Waals surface area contributed by atoms with Gasteiger partial charge in [0.1, 0.15) is 5.82 Å². The highest BCUT2D eigenvalue weighted by molar-refractivity contribution is 7.91. The Morgan fingerprint density at radius 1 is 1.06 bits per heavy atom. The number of hydrogen-bond acceptors (Lipinski definition) is 5. The smallest absolute Gasteiger partial charge is 0.214 e. The number of nitrogens with zero attached hydrogens (tertiary/aromatic N) is 3. The topological polar surface area (TPSA) is 74.1 Å². The summed E-state index contributed by atoms with van der Waals surface area (Å²) in [5.41, 5.74) is 1.59. The molecule has 0 amide bonds. The van der Waals surface area contributed by atoms with Crippen LogP contribution in [0.4, 0.5) is 0 Å². The van der Waals surface area contributed by atoms with E-state index in [1.807, 2.05) is 6.07 Å². The molecule has 0 unspecified atom stereocenters. The number of rotatable bonds is 5. The van der Waals surface area contributed by atoms with Gasteiger partial charge in [0.15, 0.2) is 0 Å². The van der Waals surface area contributed by atoms with E-state index in [2.05, 4.69) is 30.3 Å². The molecule has 0 spiro atoms. The van der Waals surface area contributed by atoms with Gasteiger partial charge in [0.05, 0.1) is 27.9 Å². The Hall–Kier alpha value is -2.41. The minimum Gasteiger partial charge on any atom is -0.481 e. The maximum Gasteiger partial charge on any atom is 0.214 e. The number of aromatic nitrogens is 3. The highest BCUT2D eigenvalue weighted by Crippen LogP contribution is 2.33. The van der Waals surface area contributed by atoms with Gasteiger partial charge in [-0.05, 0) is 43.0 Å². The molecule has 7 heteroatoms. The first-order valence-electron chi connectivity index (χ1n) is 11.0. The SMILES string of the molecule is COc1cc(S(=O)(=O)c2ccc3c(c2)nc(C(C)(C)C)n3CC2CCCCC2)ccn1. The fourth-order valence-corrected chi connectivity index (χ4v) is 5.75. The molecule has 166 valence electrons. The molecule has 4 rings (SSSR count). The lowest BCUT2D eigenvalue weighted by Crippen LogP contribution is -2.22. The van der Waals surface area contributed by atoms with Gasteiger partial charge in [-0.3, -0.25) is 0 Å². The number of fused-ring (bicyclic) bond motifs is 1. The van der Waals surface area contributed by atoms with E-state index in [0.717, 1.165) is 23.4 Å². The predicted octanol–water partition coefficient (Wildman–Crippen LogP) is 5.15. The summed E-state index contributed by atoms with van der Waals surface area (Å²) in [6.07, 6.45) is 7.86. The number of imidazole rings is 1. The highest BCUT2D eigenvalue weighted by Gasteiger charge is 2.27. The second-order valence-electron chi connectivity index (χ2n) is 9.49. The second-order valence-corrected chi connectivity index (χ2v) is 11.4. The third-order valence-corrected chi connectivity index (χ3v) is 7.84. The summed E-state index contributed by atoms with van der Waals surface area (Å²) >= 11 is 0. The summed E-state index contributed by atoms with van der Waals surface area (Å²) in [4.78, 5) is 9.32. The Balaban J connectivity index is 1.78. The molecule has 1 aromatic carbocycles. The molecule has 1 fully saturated rings. The van der Waals surface area contributed by atoms with Crippen LogP contribution in [0.15, 0.2) is 46.3 Å². The summed E-state index contributed by atoms with van der Waals surface area (Å²) < 4.78 is 33.9. The van der Waals surface area contributed by atoms with Crippen molar-refractivity contribution in [2.75, 3.05) is 7.11 Å². The van der Waals surface area contributed by atoms with Crippen LogP contribution in [0.2, 0.25) is 0 Å². The second kappa shape index (κ2) is 8.26. The molecular weight excluding hydrogens is 410 g/mol. The van der Waals surface area contributed by atoms with E-state index in [1.165, 1.54) is 57.5 Å². The molecule has 1 aliphatic rings. The first-order chi connectivity index (χ1) is 14.7. The van der Waals surface area contributed by atoms with Gasteiger partial charge in [-0.2, -0.15) is 0 Å². The van der Waals surface area contributed by atoms with E-state index >= 15 is 0 Å². The van der Waals surface area contributed by atoms with E-state index < -0.39 is 9.84 Å². The first-order valence-corrected chi connectivity index (χ1v) is 12.4. The van der Waals surface area contributed by atoms with Gasteiger partial charge in [0.2, 0.25) is 15.7 Å². The molecule has 0 N–H and O–H groups in total. The van der Waals surface area contributed by atoms with Crippen molar-refractivity contribution in [2.45, 2.75) is 74.6 Å². The minimum absolute atomic E-state index is 0.134. The van der Waals surface area contributed by atoms with E-state index in [-0.39, 0.29) is 21.1 Å². The molecule has 6 nitrogen and oxygen atoms in total. The zero-order valence-corrected chi connectivity index (χ0v) is 19.6. The standard InChI is InChI=1S/C24H31N3O3S/c1-24(2,3)23-26-20-14-18(31(28,29)19-12-13-25-22(15-19)30-4)10-11-21(20)27(23)16-17-8-6-5-7-9-17/h10-15,17H,5-9,16H2,1-4H3. The van der Waals surface area contributed by atoms with Crippen LogP contribution in [0, 0.1) is 5.92 Å². The lowest BCUT2D eigenvalue weighted by atomic mass is 9.88. The van der Waals surface area contributed by atoms with Crippen LogP contribution >= 0.6 is 0 Å². The van der Waals surface area contributed by atoms with Gasteiger partial charge >= 0.3 is 0 Å². The van der Waals surface area contributed by atoms with Crippen LogP contribution in [0.1, 0.15) is 58.7 Å². The van der Waals surface area contributed by atoms with E-state index in [1.54, 1.807) is 12.1 Å². The minimum atomic E-state index is -3.70. The van der Waals surface area contributed by atoms with E-state index in [4.69, 9.17) is 9.72 Å². The molecule has 31 heavy (non-hydrogen) atoms. The molecule has 3 aromatic rings. The molecule has 0 atom stereocenters. The quantitative estimate of drug-likeness (QED) is 0.547. The van der Waals surface area contributed by atoms with Crippen LogP contribution in [0.3, 0.4) is 0 Å². The summed E-state index contributed by atoms with van der Waals surface area (Å²) in [7, 11) is -2.23. The van der Waals surface area contributed by atoms with Gasteiger partial charge in [-0.15, -0.1) is 0 Å². The molecule has 1 saturated carbocycles. The maximum atomic E-state index is 13.2. The number of benzene rings is 1. The van der Waals surface area contributed by atoms with Crippen LogP contribution in [-0.4, -0.2) is 30.1 Å². The zero-order chi connectivity index (χ0) is 22.2. The van der Waals surface area contributed by atoms with Crippen LogP contribution < -0.4 is 4.74 Å². The maximum absolute atomic E-state index is 13.2. The Kier molecular flexibility index (Phi) is 5.81. The third-order valence-electron chi connectivity index (χ3n) is 6.09. The average Bonchev–Trinajstić information content (AvgIpc) is 3.12. The Labute approximate surface area is 184 Å². The van der Waals surface area contributed by atoms with Gasteiger partial charge in [0, 0.05) is 24.2 Å². The summed E-state index contributed by atoms with van der Waals surface area (Å²) in [6, 6.07) is 8.23. The molecule has 0 radical (unpaired) electrons. The van der Waals surface area contributed by atoms with Crippen molar-refractivity contribution in [2.24, 2.45) is 5.92 Å². The van der Waals surface area contributed by atoms with Crippen molar-refractivity contribution in [3.8, 4) is 5.88 Å². The number of hydrogen-bond donors (Lipinski definition) is 0. The van der Waals surface area contributed by atoms with Crippen molar-refractivity contribution in [3.63, 3.8) is 0 Å². The molecule has 0 bridgehead atoms. The summed E-state index contributed by atoms with van der Waals surface area (Å²) in [5.74, 6) is 1.93. The largest absolute Gasteiger partial charge is 0.481 e. The molecule has 2 heterocycles. The van der Waals surface area contributed by atoms with E-state index in [0.29, 0.717) is 5.92 Å². The average molecular weight is 442 g/mol. The lowest BCUT2D eigenvalue weighted by molar-refractivity contribution is 0.313. The third kappa shape index (κ3) is 4.33. The Morgan fingerprint density at radius 3 is 2.45 bits per heavy atom. The molecular formula is C24H31N3O3S. The number of ether oxygens (including phenoxy) is 1. The van der Waals surface area contributed by atoms with Crippen molar-refractivity contribution < 1.29 is 13.2 Å².